The minimum atomic E-state index is 0.797. The summed E-state index contributed by atoms with van der Waals surface area (Å²) in [7, 11) is 4.50. The average Bonchev–Trinajstić information content (AvgIpc) is 2.37. The zero-order valence-corrected chi connectivity index (χ0v) is 13.5. The molecule has 2 rings (SSSR count). The van der Waals surface area contributed by atoms with Crippen LogP contribution in [0.5, 0.6) is 0 Å². The van der Waals surface area contributed by atoms with Crippen LogP contribution in [0.2, 0.25) is 0 Å². The zero-order chi connectivity index (χ0) is 13.8. The summed E-state index contributed by atoms with van der Waals surface area (Å²) in [5.41, 5.74) is 0. The van der Waals surface area contributed by atoms with Crippen LogP contribution in [0, 0.1) is 17.8 Å². The summed E-state index contributed by atoms with van der Waals surface area (Å²) in [6.45, 7) is 6.10. The van der Waals surface area contributed by atoms with Crippen LogP contribution in [0.1, 0.15) is 58.8 Å². The first-order valence-electron chi connectivity index (χ1n) is 8.46. The lowest BCUT2D eigenvalue weighted by molar-refractivity contribution is 0.126. The van der Waals surface area contributed by atoms with Crippen LogP contribution >= 0.6 is 0 Å². The Morgan fingerprint density at radius 2 is 1.79 bits per heavy atom. The van der Waals surface area contributed by atoms with Gasteiger partial charge in [0.15, 0.2) is 0 Å². The second-order valence-electron chi connectivity index (χ2n) is 7.56. The van der Waals surface area contributed by atoms with E-state index < -0.39 is 0 Å². The van der Waals surface area contributed by atoms with Crippen molar-refractivity contribution in [1.82, 2.24) is 10.2 Å². The van der Waals surface area contributed by atoms with Crippen molar-refractivity contribution in [1.29, 1.82) is 0 Å². The largest absolute Gasteiger partial charge is 0.314 e. The fourth-order valence-corrected chi connectivity index (χ4v) is 4.24. The smallest absolute Gasteiger partial charge is 0.0118 e. The van der Waals surface area contributed by atoms with Gasteiger partial charge in [0.05, 0.1) is 0 Å². The van der Waals surface area contributed by atoms with E-state index in [1.807, 2.05) is 0 Å². The Hall–Kier alpha value is -0.0800. The van der Waals surface area contributed by atoms with Gasteiger partial charge in [-0.2, -0.15) is 0 Å². The SMILES string of the molecule is CC1CCCC(NCC2CCC(C)C(N(C)C)C2)C1. The molecule has 0 bridgehead atoms. The van der Waals surface area contributed by atoms with Gasteiger partial charge >= 0.3 is 0 Å². The Bertz CT molecular complexity index is 264. The maximum atomic E-state index is 3.88. The molecule has 0 spiro atoms. The molecule has 0 heterocycles. The Kier molecular flexibility index (Phi) is 5.70. The Balaban J connectivity index is 1.73. The Morgan fingerprint density at radius 3 is 2.47 bits per heavy atom. The van der Waals surface area contributed by atoms with Crippen molar-refractivity contribution < 1.29 is 0 Å². The first-order valence-corrected chi connectivity index (χ1v) is 8.46. The van der Waals surface area contributed by atoms with E-state index in [2.05, 4.69) is 38.2 Å². The number of rotatable bonds is 4. The second kappa shape index (κ2) is 7.08. The summed E-state index contributed by atoms with van der Waals surface area (Å²) < 4.78 is 0. The Morgan fingerprint density at radius 1 is 1.00 bits per heavy atom. The zero-order valence-electron chi connectivity index (χ0n) is 13.5. The molecular weight excluding hydrogens is 232 g/mol. The van der Waals surface area contributed by atoms with Gasteiger partial charge in [0.25, 0.3) is 0 Å². The van der Waals surface area contributed by atoms with Crippen molar-refractivity contribution in [3.05, 3.63) is 0 Å². The van der Waals surface area contributed by atoms with Crippen molar-refractivity contribution in [3.63, 3.8) is 0 Å². The predicted octanol–water partition coefficient (Wildman–Crippen LogP) is 3.52. The fourth-order valence-electron chi connectivity index (χ4n) is 4.24. The molecule has 0 aromatic heterocycles. The highest BCUT2D eigenvalue weighted by Crippen LogP contribution is 2.31. The van der Waals surface area contributed by atoms with Crippen LogP contribution in [-0.2, 0) is 0 Å². The topological polar surface area (TPSA) is 15.3 Å². The van der Waals surface area contributed by atoms with Gasteiger partial charge in [-0.25, -0.2) is 0 Å². The summed E-state index contributed by atoms with van der Waals surface area (Å²) in [5, 5.41) is 3.88. The molecule has 2 nitrogen and oxygen atoms in total. The molecule has 5 atom stereocenters. The second-order valence-corrected chi connectivity index (χ2v) is 7.56. The minimum absolute atomic E-state index is 0.797. The first kappa shape index (κ1) is 15.3. The van der Waals surface area contributed by atoms with E-state index in [0.29, 0.717) is 0 Å². The highest BCUT2D eigenvalue weighted by Gasteiger charge is 2.29. The fraction of sp³-hybridized carbons (Fsp3) is 1.00. The third kappa shape index (κ3) is 4.46. The standard InChI is InChI=1S/C17H34N2/c1-13-6-5-7-16(10-13)18-12-15-9-8-14(2)17(11-15)19(3)4/h13-18H,5-12H2,1-4H3. The molecule has 2 saturated carbocycles. The molecule has 0 amide bonds. The summed E-state index contributed by atoms with van der Waals surface area (Å²) >= 11 is 0. The van der Waals surface area contributed by atoms with Crippen LogP contribution in [0.25, 0.3) is 0 Å². The number of hydrogen-bond acceptors (Lipinski definition) is 2. The maximum Gasteiger partial charge on any atom is 0.0118 e. The van der Waals surface area contributed by atoms with Crippen molar-refractivity contribution in [2.75, 3.05) is 20.6 Å². The third-order valence-corrected chi connectivity index (χ3v) is 5.56. The van der Waals surface area contributed by atoms with E-state index in [9.17, 15) is 0 Å². The van der Waals surface area contributed by atoms with Crippen molar-refractivity contribution in [2.24, 2.45) is 17.8 Å². The van der Waals surface area contributed by atoms with Crippen LogP contribution in [0.3, 0.4) is 0 Å². The van der Waals surface area contributed by atoms with Crippen molar-refractivity contribution in [3.8, 4) is 0 Å². The van der Waals surface area contributed by atoms with E-state index in [-0.39, 0.29) is 0 Å². The normalized spacial score (nSPS) is 40.6. The highest BCUT2D eigenvalue weighted by atomic mass is 15.1. The molecule has 0 aromatic rings. The molecule has 2 heteroatoms. The summed E-state index contributed by atoms with van der Waals surface area (Å²) in [4.78, 5) is 2.44. The van der Waals surface area contributed by atoms with Crippen LogP contribution in [-0.4, -0.2) is 37.6 Å². The van der Waals surface area contributed by atoms with Gasteiger partial charge in [-0.3, -0.25) is 0 Å². The average molecular weight is 266 g/mol. The van der Waals surface area contributed by atoms with E-state index in [0.717, 1.165) is 29.8 Å². The molecule has 0 aliphatic heterocycles. The molecule has 2 fully saturated rings. The van der Waals surface area contributed by atoms with E-state index in [1.165, 1.54) is 51.5 Å². The first-order chi connectivity index (χ1) is 9.06. The summed E-state index contributed by atoms with van der Waals surface area (Å²) in [6, 6.07) is 1.60. The number of hydrogen-bond donors (Lipinski definition) is 1. The molecule has 1 N–H and O–H groups in total. The maximum absolute atomic E-state index is 3.88. The molecule has 0 radical (unpaired) electrons. The van der Waals surface area contributed by atoms with Crippen LogP contribution in [0.4, 0.5) is 0 Å². The van der Waals surface area contributed by atoms with E-state index >= 15 is 0 Å². The lowest BCUT2D eigenvalue weighted by Crippen LogP contribution is -2.43. The van der Waals surface area contributed by atoms with Gasteiger partial charge in [0.2, 0.25) is 0 Å². The van der Waals surface area contributed by atoms with E-state index in [4.69, 9.17) is 0 Å². The third-order valence-electron chi connectivity index (χ3n) is 5.56. The number of nitrogens with one attached hydrogen (secondary N) is 1. The van der Waals surface area contributed by atoms with E-state index in [1.54, 1.807) is 0 Å². The predicted molar refractivity (Wildman–Crippen MR) is 83.4 cm³/mol. The molecule has 112 valence electrons. The number of nitrogens with zero attached hydrogens (tertiary/aromatic N) is 1. The molecule has 19 heavy (non-hydrogen) atoms. The quantitative estimate of drug-likeness (QED) is 0.837. The van der Waals surface area contributed by atoms with Gasteiger partial charge in [-0.1, -0.05) is 26.7 Å². The summed E-state index contributed by atoms with van der Waals surface area (Å²) in [6.07, 6.45) is 9.92. The molecule has 5 unspecified atom stereocenters. The lowest BCUT2D eigenvalue weighted by atomic mass is 9.78. The molecule has 2 aliphatic carbocycles. The van der Waals surface area contributed by atoms with Crippen LogP contribution < -0.4 is 5.32 Å². The monoisotopic (exact) mass is 266 g/mol. The van der Waals surface area contributed by atoms with Gasteiger partial charge in [0, 0.05) is 12.1 Å². The molecule has 0 saturated heterocycles. The van der Waals surface area contributed by atoms with Gasteiger partial charge < -0.3 is 10.2 Å². The molecule has 2 aliphatic rings. The highest BCUT2D eigenvalue weighted by molar-refractivity contribution is 4.85. The van der Waals surface area contributed by atoms with Gasteiger partial charge in [0.1, 0.15) is 0 Å². The lowest BCUT2D eigenvalue weighted by Gasteiger charge is -2.39. The van der Waals surface area contributed by atoms with Gasteiger partial charge in [-0.05, 0) is 70.5 Å². The summed E-state index contributed by atoms with van der Waals surface area (Å²) in [5.74, 6) is 2.72. The minimum Gasteiger partial charge on any atom is -0.314 e. The molecular formula is C17H34N2. The van der Waals surface area contributed by atoms with Crippen molar-refractivity contribution in [2.45, 2.75) is 70.9 Å². The van der Waals surface area contributed by atoms with Crippen LogP contribution in [0.15, 0.2) is 0 Å². The van der Waals surface area contributed by atoms with Gasteiger partial charge in [-0.15, -0.1) is 0 Å². The molecule has 0 aromatic carbocycles. The Labute approximate surface area is 120 Å². The van der Waals surface area contributed by atoms with Crippen molar-refractivity contribution >= 4 is 0 Å².